The molecule has 6 rings (SSSR count). The van der Waals surface area contributed by atoms with Gasteiger partial charge in [-0.1, -0.05) is 70.9 Å². The molecule has 2 aromatic heterocycles. The predicted octanol–water partition coefficient (Wildman–Crippen LogP) is 6.22. The minimum absolute atomic E-state index is 0.195. The highest BCUT2D eigenvalue weighted by atomic mass is 79.9. The maximum absolute atomic E-state index is 14.4. The molecular formula is C36H31BrN4O4S. The number of ether oxygens (including phenoxy) is 2. The van der Waals surface area contributed by atoms with E-state index in [1.54, 1.807) is 18.6 Å². The molecule has 3 heterocycles. The van der Waals surface area contributed by atoms with Gasteiger partial charge in [0.1, 0.15) is 11.8 Å². The number of allylic oxidation sites excluding steroid dienone is 1. The Balaban J connectivity index is 1.55. The molecule has 0 saturated carbocycles. The number of aromatic nitrogens is 2. The van der Waals surface area contributed by atoms with Crippen LogP contribution >= 0.6 is 27.3 Å². The van der Waals surface area contributed by atoms with Crippen LogP contribution in [0.4, 0.5) is 0 Å². The number of hydrogen-bond acceptors (Lipinski definition) is 7. The van der Waals surface area contributed by atoms with Gasteiger partial charge in [0.2, 0.25) is 0 Å². The molecule has 1 aliphatic rings. The number of hydrogen-bond donors (Lipinski definition) is 0. The van der Waals surface area contributed by atoms with Crippen molar-refractivity contribution in [3.63, 3.8) is 0 Å². The standard InChI is InChI=1S/C36H31BrN4O4S/c1-4-8-28-32(35(43)45-5-2)33(27-18-25(37)15-16-30(27)44-3)41-34(42)31(46-36(41)39-28)17-24-21-40(29-10-7-6-9-26(24)29)20-23-13-11-22(19-38)12-14-23/h6-7,9-18,21,33H,4-5,8,20H2,1-3H3/b31-17+/t33-/m0/s1. The first-order valence-corrected chi connectivity index (χ1v) is 16.6. The van der Waals surface area contributed by atoms with E-state index in [4.69, 9.17) is 14.5 Å². The average Bonchev–Trinajstić information content (AvgIpc) is 3.57. The minimum Gasteiger partial charge on any atom is -0.496 e. The van der Waals surface area contributed by atoms with Crippen LogP contribution in [-0.2, 0) is 16.1 Å². The molecule has 0 fully saturated rings. The minimum atomic E-state index is -0.788. The largest absolute Gasteiger partial charge is 0.496 e. The third kappa shape index (κ3) is 5.84. The van der Waals surface area contributed by atoms with Gasteiger partial charge in [0.05, 0.1) is 41.2 Å². The van der Waals surface area contributed by atoms with Crippen LogP contribution in [0, 0.1) is 11.3 Å². The highest BCUT2D eigenvalue weighted by Gasteiger charge is 2.36. The number of methoxy groups -OCH3 is 1. The van der Waals surface area contributed by atoms with E-state index in [9.17, 15) is 14.9 Å². The lowest BCUT2D eigenvalue weighted by atomic mass is 9.93. The lowest BCUT2D eigenvalue weighted by Crippen LogP contribution is -2.40. The molecule has 0 N–H and O–H groups in total. The van der Waals surface area contributed by atoms with Crippen LogP contribution in [0.15, 0.2) is 98.5 Å². The molecule has 0 radical (unpaired) electrons. The van der Waals surface area contributed by atoms with Crippen molar-refractivity contribution >= 4 is 50.2 Å². The summed E-state index contributed by atoms with van der Waals surface area (Å²) in [6, 6.07) is 22.6. The van der Waals surface area contributed by atoms with E-state index in [1.165, 1.54) is 11.3 Å². The van der Waals surface area contributed by atoms with Crippen molar-refractivity contribution in [2.45, 2.75) is 39.3 Å². The second-order valence-electron chi connectivity index (χ2n) is 10.8. The molecule has 46 heavy (non-hydrogen) atoms. The number of esters is 1. The Labute approximate surface area is 278 Å². The maximum atomic E-state index is 14.4. The average molecular weight is 696 g/mol. The fourth-order valence-electron chi connectivity index (χ4n) is 5.88. The van der Waals surface area contributed by atoms with E-state index in [2.05, 4.69) is 32.6 Å². The van der Waals surface area contributed by atoms with E-state index in [0.717, 1.165) is 32.9 Å². The SMILES string of the molecule is CCCC1=C(C(=O)OCC)[C@H](c2cc(Br)ccc2OC)n2c(s/c(=C/c3cn(Cc4ccc(C#N)cc4)c4ccccc34)c2=O)=N1. The maximum Gasteiger partial charge on any atom is 0.338 e. The van der Waals surface area contributed by atoms with E-state index < -0.39 is 12.0 Å². The van der Waals surface area contributed by atoms with E-state index >= 15 is 0 Å². The molecule has 232 valence electrons. The van der Waals surface area contributed by atoms with Gasteiger partial charge in [0, 0.05) is 39.2 Å². The van der Waals surface area contributed by atoms with Gasteiger partial charge in [0.15, 0.2) is 4.80 Å². The number of rotatable bonds is 9. The zero-order valence-electron chi connectivity index (χ0n) is 25.6. The third-order valence-electron chi connectivity index (χ3n) is 7.92. The highest BCUT2D eigenvalue weighted by Crippen LogP contribution is 2.38. The van der Waals surface area contributed by atoms with Gasteiger partial charge in [-0.3, -0.25) is 9.36 Å². The molecule has 0 amide bonds. The number of benzene rings is 3. The molecule has 10 heteroatoms. The highest BCUT2D eigenvalue weighted by molar-refractivity contribution is 9.10. The second kappa shape index (κ2) is 13.3. The van der Waals surface area contributed by atoms with Crippen molar-refractivity contribution in [2.24, 2.45) is 4.99 Å². The van der Waals surface area contributed by atoms with Gasteiger partial charge in [0.25, 0.3) is 5.56 Å². The number of nitriles is 1. The van der Waals surface area contributed by atoms with Crippen LogP contribution in [0.5, 0.6) is 5.75 Å². The quantitative estimate of drug-likeness (QED) is 0.171. The molecule has 0 saturated heterocycles. The molecule has 0 aliphatic carbocycles. The van der Waals surface area contributed by atoms with Gasteiger partial charge < -0.3 is 14.0 Å². The Morgan fingerprint density at radius 1 is 1.13 bits per heavy atom. The molecule has 0 bridgehead atoms. The summed E-state index contributed by atoms with van der Waals surface area (Å²) in [6.45, 7) is 4.59. The molecule has 1 aliphatic heterocycles. The zero-order valence-corrected chi connectivity index (χ0v) is 28.0. The molecule has 5 aromatic rings. The number of nitrogens with zero attached hydrogens (tertiary/aromatic N) is 4. The summed E-state index contributed by atoms with van der Waals surface area (Å²) in [5.41, 5.74) is 4.96. The van der Waals surface area contributed by atoms with Crippen molar-refractivity contribution in [1.82, 2.24) is 9.13 Å². The van der Waals surface area contributed by atoms with Gasteiger partial charge in [-0.25, -0.2) is 9.79 Å². The normalized spacial score (nSPS) is 14.6. The summed E-state index contributed by atoms with van der Waals surface area (Å²) >= 11 is 4.88. The van der Waals surface area contributed by atoms with Crippen LogP contribution in [-0.4, -0.2) is 28.8 Å². The first-order chi connectivity index (χ1) is 22.4. The summed E-state index contributed by atoms with van der Waals surface area (Å²) < 4.78 is 16.3. The fourth-order valence-corrected chi connectivity index (χ4v) is 7.27. The molecule has 1 atom stereocenters. The topological polar surface area (TPSA) is 98.6 Å². The molecular weight excluding hydrogens is 664 g/mol. The Morgan fingerprint density at radius 2 is 1.91 bits per heavy atom. The predicted molar refractivity (Wildman–Crippen MR) is 183 cm³/mol. The fraction of sp³-hybridized carbons (Fsp3) is 0.222. The first-order valence-electron chi connectivity index (χ1n) is 15.0. The summed E-state index contributed by atoms with van der Waals surface area (Å²) in [7, 11) is 1.57. The van der Waals surface area contributed by atoms with Crippen LogP contribution in [0.3, 0.4) is 0 Å². The van der Waals surface area contributed by atoms with E-state index in [1.807, 2.05) is 79.9 Å². The zero-order chi connectivity index (χ0) is 32.4. The van der Waals surface area contributed by atoms with Crippen molar-refractivity contribution in [1.29, 1.82) is 5.26 Å². The van der Waals surface area contributed by atoms with Gasteiger partial charge in [-0.15, -0.1) is 0 Å². The van der Waals surface area contributed by atoms with E-state index in [0.29, 0.717) is 50.4 Å². The summed E-state index contributed by atoms with van der Waals surface area (Å²) in [4.78, 5) is 33.4. The van der Waals surface area contributed by atoms with Gasteiger partial charge in [-0.2, -0.15) is 5.26 Å². The third-order valence-corrected chi connectivity index (χ3v) is 9.40. The van der Waals surface area contributed by atoms with Crippen LogP contribution in [0.25, 0.3) is 17.0 Å². The number of para-hydroxylation sites is 1. The second-order valence-corrected chi connectivity index (χ2v) is 12.8. The van der Waals surface area contributed by atoms with Gasteiger partial charge >= 0.3 is 5.97 Å². The van der Waals surface area contributed by atoms with Gasteiger partial charge in [-0.05, 0) is 61.4 Å². The number of carbonyl (C=O) groups is 1. The Hall–Kier alpha value is -4.72. The first kappa shape index (κ1) is 31.3. The van der Waals surface area contributed by atoms with Crippen molar-refractivity contribution in [2.75, 3.05) is 13.7 Å². The van der Waals surface area contributed by atoms with Crippen molar-refractivity contribution in [3.8, 4) is 11.8 Å². The van der Waals surface area contributed by atoms with Crippen molar-refractivity contribution < 1.29 is 14.3 Å². The number of halogens is 1. The Morgan fingerprint density at radius 3 is 2.63 bits per heavy atom. The van der Waals surface area contributed by atoms with Crippen LogP contribution < -0.4 is 19.6 Å². The summed E-state index contributed by atoms with van der Waals surface area (Å²) in [5.74, 6) is 0.0510. The monoisotopic (exact) mass is 694 g/mol. The molecule has 0 spiro atoms. The lowest BCUT2D eigenvalue weighted by molar-refractivity contribution is -0.139. The smallest absolute Gasteiger partial charge is 0.338 e. The molecule has 3 aromatic carbocycles. The van der Waals surface area contributed by atoms with Crippen LogP contribution in [0.2, 0.25) is 0 Å². The summed E-state index contributed by atoms with van der Waals surface area (Å²) in [5, 5.41) is 10.2. The number of carbonyl (C=O) groups excluding carboxylic acids is 1. The lowest BCUT2D eigenvalue weighted by Gasteiger charge is -2.27. The number of fused-ring (bicyclic) bond motifs is 2. The number of thiazole rings is 1. The van der Waals surface area contributed by atoms with Crippen LogP contribution in [0.1, 0.15) is 55.0 Å². The van der Waals surface area contributed by atoms with E-state index in [-0.39, 0.29) is 12.2 Å². The molecule has 8 nitrogen and oxygen atoms in total. The summed E-state index contributed by atoms with van der Waals surface area (Å²) in [6.07, 6.45) is 5.26. The van der Waals surface area contributed by atoms with Crippen molar-refractivity contribution in [3.05, 3.63) is 131 Å². The molecule has 0 unspecified atom stereocenters. The Bertz CT molecular complexity index is 2220. The Kier molecular flexibility index (Phi) is 9.06.